The van der Waals surface area contributed by atoms with Crippen molar-refractivity contribution in [3.05, 3.63) is 184 Å². The molecule has 1 heterocycles. The van der Waals surface area contributed by atoms with Crippen LogP contribution >= 0.6 is 0 Å². The van der Waals surface area contributed by atoms with Gasteiger partial charge in [0.1, 0.15) is 22.2 Å². The number of Topliss-reactive ketones (excluding diaryl/α,β-unsaturated/α-hetero) is 1. The van der Waals surface area contributed by atoms with Gasteiger partial charge in [0.05, 0.1) is 53.0 Å². The highest BCUT2D eigenvalue weighted by atomic mass is 32.2. The van der Waals surface area contributed by atoms with Crippen LogP contribution in [0.4, 0.5) is 17.1 Å². The Labute approximate surface area is 447 Å². The lowest BCUT2D eigenvalue weighted by Gasteiger charge is -2.34. The number of rotatable bonds is 16. The van der Waals surface area contributed by atoms with Gasteiger partial charge in [-0.1, -0.05) is 97.1 Å². The van der Waals surface area contributed by atoms with Crippen molar-refractivity contribution in [1.82, 2.24) is 0 Å². The first kappa shape index (κ1) is 50.7. The first-order valence-electron chi connectivity index (χ1n) is 25.0. The van der Waals surface area contributed by atoms with E-state index in [-0.39, 0.29) is 70.1 Å². The highest BCUT2D eigenvalue weighted by Crippen LogP contribution is 2.53. The topological polar surface area (TPSA) is 281 Å². The van der Waals surface area contributed by atoms with Crippen molar-refractivity contribution in [3.8, 4) is 33.8 Å². The zero-order valence-electron chi connectivity index (χ0n) is 41.2. The van der Waals surface area contributed by atoms with Gasteiger partial charge in [-0.25, -0.2) is 4.99 Å². The van der Waals surface area contributed by atoms with Crippen molar-refractivity contribution >= 4 is 85.9 Å². The fraction of sp³-hybridized carbons (Fsp3) is 0.172. The minimum atomic E-state index is -4.79. The number of ether oxygens (including phenoxy) is 2. The molecule has 0 radical (unpaired) electrons. The Morgan fingerprint density at radius 1 is 0.615 bits per heavy atom. The Bertz CT molecular complexity index is 4450. The summed E-state index contributed by atoms with van der Waals surface area (Å²) in [7, 11) is -13.0. The van der Waals surface area contributed by atoms with Crippen LogP contribution in [0.5, 0.6) is 11.5 Å². The highest BCUT2D eigenvalue weighted by Gasteiger charge is 2.47. The average molecular weight is 1110 g/mol. The van der Waals surface area contributed by atoms with Gasteiger partial charge >= 0.3 is 0 Å². The van der Waals surface area contributed by atoms with Crippen LogP contribution in [0.3, 0.4) is 0 Å². The number of nitrogens with one attached hydrogen (secondary N) is 2. The zero-order valence-corrected chi connectivity index (χ0v) is 43.7. The molecule has 2 unspecified atom stereocenters. The number of nitrogen functional groups attached to an aromatic ring is 1. The van der Waals surface area contributed by atoms with E-state index in [1.807, 2.05) is 97.1 Å². The summed E-state index contributed by atoms with van der Waals surface area (Å²) in [6.45, 7) is 0.342. The number of benzene rings is 8. The van der Waals surface area contributed by atoms with E-state index in [0.29, 0.717) is 57.9 Å². The van der Waals surface area contributed by atoms with Gasteiger partial charge < -0.3 is 30.9 Å². The molecule has 8 N–H and O–H groups in total. The lowest BCUT2D eigenvalue weighted by molar-refractivity contribution is -0.109. The minimum absolute atomic E-state index is 0.0103. The monoisotopic (exact) mass is 1100 g/mol. The number of ketones is 1. The molecule has 2 atom stereocenters. The molecule has 3 aliphatic carbocycles. The number of fused-ring (bicyclic) bond motifs is 9. The Kier molecular flexibility index (Phi) is 12.2. The Morgan fingerprint density at radius 2 is 1.26 bits per heavy atom. The van der Waals surface area contributed by atoms with Crippen LogP contribution in [0.1, 0.15) is 59.5 Å². The minimum Gasteiger partial charge on any atom is -0.506 e. The Balaban J connectivity index is 1.01. The molecule has 0 saturated heterocycles. The number of carbonyl (C=O) groups excluding carboxylic acids is 1. The maximum Gasteiger partial charge on any atom is 0.295 e. The van der Waals surface area contributed by atoms with Crippen LogP contribution in [-0.2, 0) is 40.8 Å². The van der Waals surface area contributed by atoms with Gasteiger partial charge in [-0.3, -0.25) is 18.5 Å². The smallest absolute Gasteiger partial charge is 0.295 e. The maximum atomic E-state index is 15.3. The van der Waals surface area contributed by atoms with Crippen molar-refractivity contribution in [2.24, 2.45) is 4.99 Å². The molecule has 8 aromatic rings. The van der Waals surface area contributed by atoms with E-state index in [0.717, 1.165) is 44.3 Å². The van der Waals surface area contributed by atoms with Crippen molar-refractivity contribution in [1.29, 1.82) is 0 Å². The van der Waals surface area contributed by atoms with Crippen LogP contribution in [-0.4, -0.2) is 74.5 Å². The van der Waals surface area contributed by atoms with Crippen LogP contribution in [0.15, 0.2) is 155 Å². The van der Waals surface area contributed by atoms with E-state index < -0.39 is 58.5 Å². The van der Waals surface area contributed by atoms with Crippen molar-refractivity contribution < 1.29 is 58.3 Å². The maximum absolute atomic E-state index is 15.3. The molecular formula is C58H48N4O13S3. The molecule has 1 spiro atoms. The number of nitrogens with zero attached hydrogens (tertiary/aromatic N) is 1. The van der Waals surface area contributed by atoms with Gasteiger partial charge in [-0.05, 0) is 107 Å². The number of allylic oxidation sites excluding steroid dienone is 2. The fourth-order valence-electron chi connectivity index (χ4n) is 11.4. The van der Waals surface area contributed by atoms with Gasteiger partial charge in [0, 0.05) is 49.4 Å². The summed E-state index contributed by atoms with van der Waals surface area (Å²) >= 11 is 0. The predicted octanol–water partition coefficient (Wildman–Crippen LogP) is 8.73. The molecule has 20 heteroatoms. The van der Waals surface area contributed by atoms with Crippen LogP contribution in [0.25, 0.3) is 54.9 Å². The Hall–Kier alpha value is -8.11. The molecule has 0 bridgehead atoms. The number of nitrogens with two attached hydrogens (primary N) is 1. The number of hydrogen-bond acceptors (Lipinski definition) is 14. The van der Waals surface area contributed by atoms with Crippen LogP contribution in [0, 0.1) is 0 Å². The standard InChI is InChI=1S/C58H48N4O13S3/c59-46-15-9-10-32-16-19-41(54(49(32)46)60-53-39-13-2-1-11-35(39)36-20-17-33(30-43(36)53)74-26-5-7-28-76(65,66)67)51-56(63)52(57(51)64)42-23-22-40-48(78(71,72)73)25-24-47-50(40)55(42)62-58(61-47)44-14-4-3-12-37(44)38-21-18-34(31-45(38)58)75-27-6-8-29-77(68,69)70/h1-4,9-25,30-31,53,60-61,63H,5-8,26-29,59H2,(H,65,66,67)(H,68,69,70)(H,71,72,73). The molecule has 12 rings (SSSR count). The highest BCUT2D eigenvalue weighted by molar-refractivity contribution is 7.86. The normalized spacial score (nSPS) is 17.7. The largest absolute Gasteiger partial charge is 0.506 e. The number of aliphatic hydroxyl groups excluding tert-OH is 1. The van der Waals surface area contributed by atoms with E-state index in [1.54, 1.807) is 18.2 Å². The predicted molar refractivity (Wildman–Crippen MR) is 297 cm³/mol. The molecule has 0 aromatic heterocycles. The lowest BCUT2D eigenvalue weighted by atomic mass is 9.80. The SMILES string of the molecule is Nc1cccc2ccc(C3=C(O)C(=c4ccc5c(S(=O)(=O)O)ccc6c5c4=NC4(N6)c5ccccc5-c5ccc(OCCCCS(=O)(=O)O)cc54)C3=O)c(NC3c4ccccc4-c4ccc(OCCCCS(=O)(=O)O)cc43)c12. The van der Waals surface area contributed by atoms with E-state index in [1.165, 1.54) is 24.3 Å². The summed E-state index contributed by atoms with van der Waals surface area (Å²) in [6.07, 6.45) is 1.11. The number of carbonyl (C=O) groups is 1. The molecule has 396 valence electrons. The molecule has 0 amide bonds. The van der Waals surface area contributed by atoms with Gasteiger partial charge in [0.15, 0.2) is 5.66 Å². The lowest BCUT2D eigenvalue weighted by Crippen LogP contribution is -2.44. The third kappa shape index (κ3) is 8.70. The molecule has 4 aliphatic rings. The van der Waals surface area contributed by atoms with Crippen LogP contribution in [0.2, 0.25) is 0 Å². The van der Waals surface area contributed by atoms with Crippen molar-refractivity contribution in [3.63, 3.8) is 0 Å². The van der Waals surface area contributed by atoms with Gasteiger partial charge in [0.25, 0.3) is 30.4 Å². The first-order chi connectivity index (χ1) is 37.3. The molecule has 8 aromatic carbocycles. The van der Waals surface area contributed by atoms with E-state index in [9.17, 15) is 44.0 Å². The van der Waals surface area contributed by atoms with Crippen LogP contribution < -0.4 is 36.4 Å². The van der Waals surface area contributed by atoms with Crippen molar-refractivity contribution in [2.45, 2.75) is 42.3 Å². The summed E-state index contributed by atoms with van der Waals surface area (Å²) in [4.78, 5) is 20.3. The second kappa shape index (κ2) is 18.8. The summed E-state index contributed by atoms with van der Waals surface area (Å²) < 4.78 is 112. The fourth-order valence-corrected chi connectivity index (χ4v) is 13.2. The first-order valence-corrected chi connectivity index (χ1v) is 29.6. The summed E-state index contributed by atoms with van der Waals surface area (Å²) in [6, 6.07) is 41.0. The van der Waals surface area contributed by atoms with Crippen molar-refractivity contribution in [2.75, 3.05) is 41.1 Å². The molecule has 17 nitrogen and oxygen atoms in total. The summed E-state index contributed by atoms with van der Waals surface area (Å²) in [5.41, 5.74) is 13.6. The summed E-state index contributed by atoms with van der Waals surface area (Å²) in [5, 5.41) is 22.0. The quantitative estimate of drug-likeness (QED) is 0.0270. The number of hydrogen-bond donors (Lipinski definition) is 7. The van der Waals surface area contributed by atoms with E-state index in [4.69, 9.17) is 20.2 Å². The molecule has 1 aliphatic heterocycles. The summed E-state index contributed by atoms with van der Waals surface area (Å²) in [5.74, 6) is -0.700. The molecule has 78 heavy (non-hydrogen) atoms. The number of unbranched alkanes of at least 4 members (excludes halogenated alkanes) is 2. The second-order valence-electron chi connectivity index (χ2n) is 19.6. The van der Waals surface area contributed by atoms with Gasteiger partial charge in [-0.2, -0.15) is 25.3 Å². The molecule has 0 saturated carbocycles. The number of anilines is 3. The molecule has 0 fully saturated rings. The number of aliphatic hydroxyl groups is 1. The average Bonchev–Trinajstić information content (AvgIpc) is 3.61. The Morgan fingerprint density at radius 3 is 1.96 bits per heavy atom. The second-order valence-corrected chi connectivity index (χ2v) is 24.2. The van der Waals surface area contributed by atoms with Gasteiger partial charge in [-0.15, -0.1) is 0 Å². The van der Waals surface area contributed by atoms with Gasteiger partial charge in [0.2, 0.25) is 5.78 Å². The van der Waals surface area contributed by atoms with E-state index in [2.05, 4.69) is 10.6 Å². The molecular weight excluding hydrogens is 1060 g/mol. The third-order valence-corrected chi connectivity index (χ3v) is 17.4. The zero-order chi connectivity index (χ0) is 54.5. The third-order valence-electron chi connectivity index (χ3n) is 14.8. The van der Waals surface area contributed by atoms with E-state index >= 15 is 4.79 Å².